The molecule has 0 saturated heterocycles. The van der Waals surface area contributed by atoms with Gasteiger partial charge in [-0.2, -0.15) is 0 Å². The van der Waals surface area contributed by atoms with Crippen molar-refractivity contribution in [2.75, 3.05) is 19.5 Å². The first-order chi connectivity index (χ1) is 13.4. The van der Waals surface area contributed by atoms with Gasteiger partial charge < -0.3 is 25.4 Å². The molecule has 0 bridgehead atoms. The van der Waals surface area contributed by atoms with Crippen LogP contribution in [-0.4, -0.2) is 26.2 Å². The quantitative estimate of drug-likeness (QED) is 0.713. The van der Waals surface area contributed by atoms with Gasteiger partial charge in [-0.3, -0.25) is 4.79 Å². The zero-order chi connectivity index (χ0) is 20.3. The Hall–Kier alpha value is -3.19. The molecule has 7 nitrogen and oxygen atoms in total. The highest BCUT2D eigenvalue weighted by molar-refractivity contribution is 6.32. The number of urea groups is 1. The predicted octanol–water partition coefficient (Wildman–Crippen LogP) is 3.62. The maximum atomic E-state index is 13.1. The van der Waals surface area contributed by atoms with Crippen LogP contribution in [0.15, 0.2) is 53.7 Å². The number of hydrogen-bond acceptors (Lipinski definition) is 4. The van der Waals surface area contributed by atoms with E-state index >= 15 is 0 Å². The van der Waals surface area contributed by atoms with Crippen molar-refractivity contribution >= 4 is 29.2 Å². The van der Waals surface area contributed by atoms with E-state index < -0.39 is 6.04 Å². The molecule has 0 aliphatic carbocycles. The normalized spacial score (nSPS) is 16.1. The van der Waals surface area contributed by atoms with Crippen molar-refractivity contribution < 1.29 is 19.1 Å². The molecule has 0 aromatic heterocycles. The highest BCUT2D eigenvalue weighted by atomic mass is 35.5. The van der Waals surface area contributed by atoms with Crippen molar-refractivity contribution in [3.05, 3.63) is 64.3 Å². The van der Waals surface area contributed by atoms with Gasteiger partial charge in [0.25, 0.3) is 5.91 Å². The van der Waals surface area contributed by atoms with Crippen LogP contribution in [0.25, 0.3) is 0 Å². The number of hydrogen-bond donors (Lipinski definition) is 3. The van der Waals surface area contributed by atoms with Crippen molar-refractivity contribution in [3.8, 4) is 11.5 Å². The average Bonchev–Trinajstić information content (AvgIpc) is 2.68. The molecule has 1 heterocycles. The van der Waals surface area contributed by atoms with Crippen molar-refractivity contribution in [2.45, 2.75) is 13.0 Å². The largest absolute Gasteiger partial charge is 0.495 e. The van der Waals surface area contributed by atoms with E-state index in [4.69, 9.17) is 21.1 Å². The molecule has 28 heavy (non-hydrogen) atoms. The number of nitrogens with one attached hydrogen (secondary N) is 3. The van der Waals surface area contributed by atoms with Crippen molar-refractivity contribution in [3.63, 3.8) is 0 Å². The number of anilines is 1. The van der Waals surface area contributed by atoms with Gasteiger partial charge in [0.2, 0.25) is 0 Å². The monoisotopic (exact) mass is 401 g/mol. The minimum absolute atomic E-state index is 0.363. The second-order valence-electron chi connectivity index (χ2n) is 6.12. The Balaban J connectivity index is 1.98. The van der Waals surface area contributed by atoms with Crippen LogP contribution in [-0.2, 0) is 4.79 Å². The topological polar surface area (TPSA) is 88.7 Å². The molecular weight excluding hydrogens is 382 g/mol. The molecule has 1 aliphatic heterocycles. The van der Waals surface area contributed by atoms with Gasteiger partial charge in [-0.05, 0) is 12.5 Å². The fourth-order valence-corrected chi connectivity index (χ4v) is 3.27. The summed E-state index contributed by atoms with van der Waals surface area (Å²) in [5, 5.41) is 8.63. The van der Waals surface area contributed by atoms with Crippen molar-refractivity contribution in [1.82, 2.24) is 10.6 Å². The molecule has 8 heteroatoms. The van der Waals surface area contributed by atoms with E-state index in [1.165, 1.54) is 14.2 Å². The summed E-state index contributed by atoms with van der Waals surface area (Å²) in [5.74, 6) is 0.404. The molecule has 2 aromatic carbocycles. The van der Waals surface area contributed by atoms with Crippen molar-refractivity contribution in [2.24, 2.45) is 0 Å². The summed E-state index contributed by atoms with van der Waals surface area (Å²) < 4.78 is 10.5. The predicted molar refractivity (Wildman–Crippen MR) is 107 cm³/mol. The minimum atomic E-state index is -0.588. The molecule has 3 N–H and O–H groups in total. The molecule has 3 amide bonds. The van der Waals surface area contributed by atoms with Gasteiger partial charge in [-0.15, -0.1) is 0 Å². The van der Waals surface area contributed by atoms with E-state index in [1.54, 1.807) is 19.1 Å². The molecule has 0 radical (unpaired) electrons. The number of methoxy groups -OCH3 is 2. The average molecular weight is 402 g/mol. The number of amides is 3. The van der Waals surface area contributed by atoms with Gasteiger partial charge in [0, 0.05) is 17.8 Å². The Bertz CT molecular complexity index is 944. The second kappa shape index (κ2) is 8.22. The van der Waals surface area contributed by atoms with E-state index in [0.29, 0.717) is 33.5 Å². The lowest BCUT2D eigenvalue weighted by molar-refractivity contribution is -0.113. The van der Waals surface area contributed by atoms with Crippen LogP contribution in [0, 0.1) is 0 Å². The fourth-order valence-electron chi connectivity index (χ4n) is 3.04. The van der Waals surface area contributed by atoms with Gasteiger partial charge in [0.1, 0.15) is 11.5 Å². The Kier molecular flexibility index (Phi) is 5.75. The summed E-state index contributed by atoms with van der Waals surface area (Å²) in [4.78, 5) is 25.1. The highest BCUT2D eigenvalue weighted by Crippen LogP contribution is 2.37. The van der Waals surface area contributed by atoms with Crippen LogP contribution in [0.4, 0.5) is 10.5 Å². The van der Waals surface area contributed by atoms with Gasteiger partial charge in [-0.1, -0.05) is 41.9 Å². The zero-order valence-electron chi connectivity index (χ0n) is 15.6. The number of ether oxygens (including phenoxy) is 2. The maximum Gasteiger partial charge on any atom is 0.319 e. The molecule has 1 unspecified atom stereocenters. The third-order valence-electron chi connectivity index (χ3n) is 4.37. The minimum Gasteiger partial charge on any atom is -0.495 e. The highest BCUT2D eigenvalue weighted by Gasteiger charge is 2.31. The van der Waals surface area contributed by atoms with E-state index in [9.17, 15) is 9.59 Å². The summed E-state index contributed by atoms with van der Waals surface area (Å²) in [5.41, 5.74) is 2.05. The fraction of sp³-hybridized carbons (Fsp3) is 0.200. The maximum absolute atomic E-state index is 13.1. The Labute approximate surface area is 167 Å². The number of carbonyl (C=O) groups excluding carboxylic acids is 2. The molecule has 0 fully saturated rings. The van der Waals surface area contributed by atoms with Gasteiger partial charge >= 0.3 is 6.03 Å². The lowest BCUT2D eigenvalue weighted by atomic mass is 9.95. The number of halogens is 1. The van der Waals surface area contributed by atoms with Crippen LogP contribution in [0.5, 0.6) is 11.5 Å². The standard InChI is InChI=1S/C20H20ClN3O4/c1-11-17(18(24-20(26)22-11)12-7-5-4-6-8-12)19(25)23-14-10-15(27-2)13(21)9-16(14)28-3/h4-10,18H,1-3H3,(H,23,25)(H2,22,24,26). The molecule has 146 valence electrons. The van der Waals surface area contributed by atoms with E-state index in [-0.39, 0.29) is 11.9 Å². The Morgan fingerprint density at radius 1 is 1.11 bits per heavy atom. The lowest BCUT2D eigenvalue weighted by Crippen LogP contribution is -2.45. The molecule has 1 atom stereocenters. The van der Waals surface area contributed by atoms with Crippen LogP contribution < -0.4 is 25.4 Å². The summed E-state index contributed by atoms with van der Waals surface area (Å²) in [7, 11) is 2.96. The first-order valence-electron chi connectivity index (χ1n) is 8.50. The summed E-state index contributed by atoms with van der Waals surface area (Å²) >= 11 is 6.12. The Morgan fingerprint density at radius 3 is 2.43 bits per heavy atom. The Morgan fingerprint density at radius 2 is 1.79 bits per heavy atom. The third-order valence-corrected chi connectivity index (χ3v) is 4.66. The number of rotatable bonds is 5. The third kappa shape index (κ3) is 3.89. The van der Waals surface area contributed by atoms with Gasteiger partial charge in [0.15, 0.2) is 0 Å². The molecule has 2 aromatic rings. The number of benzene rings is 2. The summed E-state index contributed by atoms with van der Waals surface area (Å²) in [6, 6.07) is 11.5. The number of carbonyl (C=O) groups is 2. The van der Waals surface area contributed by atoms with E-state index in [0.717, 1.165) is 5.56 Å². The molecule has 3 rings (SSSR count). The zero-order valence-corrected chi connectivity index (χ0v) is 16.4. The lowest BCUT2D eigenvalue weighted by Gasteiger charge is -2.28. The first kappa shape index (κ1) is 19.6. The molecule has 0 spiro atoms. The summed E-state index contributed by atoms with van der Waals surface area (Å²) in [6.07, 6.45) is 0. The van der Waals surface area contributed by atoms with Gasteiger partial charge in [0.05, 0.1) is 36.5 Å². The molecule has 1 aliphatic rings. The van der Waals surface area contributed by atoms with E-state index in [2.05, 4.69) is 16.0 Å². The second-order valence-corrected chi connectivity index (χ2v) is 6.53. The van der Waals surface area contributed by atoms with Gasteiger partial charge in [-0.25, -0.2) is 4.79 Å². The van der Waals surface area contributed by atoms with E-state index in [1.807, 2.05) is 30.3 Å². The van der Waals surface area contributed by atoms with Crippen LogP contribution >= 0.6 is 11.6 Å². The molecule has 0 saturated carbocycles. The van der Waals surface area contributed by atoms with Crippen molar-refractivity contribution in [1.29, 1.82) is 0 Å². The van der Waals surface area contributed by atoms with Crippen LogP contribution in [0.2, 0.25) is 5.02 Å². The first-order valence-corrected chi connectivity index (χ1v) is 8.88. The van der Waals surface area contributed by atoms with Crippen LogP contribution in [0.1, 0.15) is 18.5 Å². The molecular formula is C20H20ClN3O4. The number of allylic oxidation sites excluding steroid dienone is 1. The SMILES string of the molecule is COc1cc(NC(=O)C2=C(C)NC(=O)NC2c2ccccc2)c(OC)cc1Cl. The smallest absolute Gasteiger partial charge is 0.319 e. The summed E-state index contributed by atoms with van der Waals surface area (Å²) in [6.45, 7) is 1.68. The van der Waals surface area contributed by atoms with Crippen LogP contribution in [0.3, 0.4) is 0 Å².